The van der Waals surface area contributed by atoms with E-state index in [1.165, 1.54) is 0 Å². The zero-order chi connectivity index (χ0) is 24.0. The van der Waals surface area contributed by atoms with Crippen molar-refractivity contribution in [2.75, 3.05) is 5.75 Å². The topological polar surface area (TPSA) is 77.7 Å². The number of fused-ring (bicyclic) bond motifs is 1. The number of aromatic nitrogens is 5. The number of hydrogen-bond acceptors (Lipinski definition) is 5. The Morgan fingerprint density at radius 1 is 0.914 bits per heavy atom. The zero-order valence-electron chi connectivity index (χ0n) is 18.9. The number of thioether (sulfide) groups is 1. The van der Waals surface area contributed by atoms with Gasteiger partial charge in [0.1, 0.15) is 12.4 Å². The Morgan fingerprint density at radius 3 is 2.51 bits per heavy atom. The van der Waals surface area contributed by atoms with Gasteiger partial charge in [0.15, 0.2) is 11.0 Å². The molecule has 0 amide bonds. The van der Waals surface area contributed by atoms with Crippen molar-refractivity contribution < 1.29 is 4.74 Å². The summed E-state index contributed by atoms with van der Waals surface area (Å²) in [6.45, 7) is 1.58. The van der Waals surface area contributed by atoms with E-state index in [1.54, 1.807) is 28.5 Å². The molecule has 0 spiro atoms. The molecule has 35 heavy (non-hydrogen) atoms. The maximum Gasteiger partial charge on any atom is 0.326 e. The van der Waals surface area contributed by atoms with Gasteiger partial charge in [-0.15, -0.1) is 10.2 Å². The highest BCUT2D eigenvalue weighted by Crippen LogP contribution is 2.22. The third-order valence-corrected chi connectivity index (χ3v) is 6.90. The molecule has 2 heterocycles. The molecule has 0 atom stereocenters. The van der Waals surface area contributed by atoms with Gasteiger partial charge in [-0.05, 0) is 48.4 Å². The van der Waals surface area contributed by atoms with E-state index < -0.39 is 0 Å². The fourth-order valence-electron chi connectivity index (χ4n) is 3.85. The van der Waals surface area contributed by atoms with Crippen molar-refractivity contribution in [1.82, 2.24) is 24.3 Å². The second-order valence-corrected chi connectivity index (χ2v) is 9.51. The number of ether oxygens (including phenoxy) is 1. The molecule has 0 bridgehead atoms. The second kappa shape index (κ2) is 10.8. The number of para-hydroxylation sites is 2. The molecule has 5 aromatic rings. The largest absolute Gasteiger partial charge is 0.486 e. The number of aromatic amines is 1. The lowest BCUT2D eigenvalue weighted by Crippen LogP contribution is -2.17. The van der Waals surface area contributed by atoms with Crippen LogP contribution in [0.15, 0.2) is 88.8 Å². The zero-order valence-corrected chi connectivity index (χ0v) is 20.5. The van der Waals surface area contributed by atoms with Crippen molar-refractivity contribution in [2.24, 2.45) is 0 Å². The van der Waals surface area contributed by atoms with E-state index in [1.807, 2.05) is 54.6 Å². The van der Waals surface area contributed by atoms with Crippen LogP contribution in [0.25, 0.3) is 11.0 Å². The molecule has 2 aromatic heterocycles. The van der Waals surface area contributed by atoms with E-state index in [0.717, 1.165) is 45.5 Å². The van der Waals surface area contributed by atoms with Crippen LogP contribution in [0, 0.1) is 0 Å². The molecule has 0 saturated heterocycles. The molecule has 0 radical (unpaired) electrons. The minimum absolute atomic E-state index is 0.0786. The highest BCUT2D eigenvalue weighted by atomic mass is 35.5. The molecule has 0 fully saturated rings. The van der Waals surface area contributed by atoms with Gasteiger partial charge in [0, 0.05) is 17.3 Å². The van der Waals surface area contributed by atoms with Crippen LogP contribution < -0.4 is 10.4 Å². The molecule has 0 aliphatic heterocycles. The van der Waals surface area contributed by atoms with E-state index >= 15 is 0 Å². The van der Waals surface area contributed by atoms with E-state index in [2.05, 4.69) is 31.9 Å². The SMILES string of the molecule is O=c1[nH]c2ccccc2n1CCCSc1nnc(COc2ccc(Cl)cc2)n1Cc1ccccc1. The standard InChI is InChI=1S/C26H24ClN5O2S/c27-20-11-13-21(14-12-20)34-18-24-29-30-26(32(24)17-19-7-2-1-3-8-19)35-16-6-15-31-23-10-5-4-9-22(23)28-25(31)33/h1-5,7-14H,6,15-18H2,(H,28,33). The Bertz CT molecular complexity index is 1460. The van der Waals surface area contributed by atoms with E-state index in [0.29, 0.717) is 24.7 Å². The Hall–Kier alpha value is -3.49. The maximum absolute atomic E-state index is 12.3. The molecule has 0 unspecified atom stereocenters. The highest BCUT2D eigenvalue weighted by molar-refractivity contribution is 7.99. The average Bonchev–Trinajstić information content (AvgIpc) is 3.41. The smallest absolute Gasteiger partial charge is 0.326 e. The summed E-state index contributed by atoms with van der Waals surface area (Å²) in [6, 6.07) is 25.2. The molecular weight excluding hydrogens is 482 g/mol. The van der Waals surface area contributed by atoms with Crippen molar-refractivity contribution in [2.45, 2.75) is 31.3 Å². The summed E-state index contributed by atoms with van der Waals surface area (Å²) in [6.07, 6.45) is 0.821. The van der Waals surface area contributed by atoms with Gasteiger partial charge in [0.2, 0.25) is 0 Å². The number of nitrogens with zero attached hydrogens (tertiary/aromatic N) is 4. The number of nitrogens with one attached hydrogen (secondary N) is 1. The lowest BCUT2D eigenvalue weighted by atomic mass is 10.2. The summed E-state index contributed by atoms with van der Waals surface area (Å²) in [4.78, 5) is 15.2. The van der Waals surface area contributed by atoms with Crippen LogP contribution in [-0.4, -0.2) is 30.1 Å². The Morgan fingerprint density at radius 2 is 1.69 bits per heavy atom. The number of benzene rings is 3. The first-order chi connectivity index (χ1) is 17.2. The molecule has 9 heteroatoms. The van der Waals surface area contributed by atoms with Gasteiger partial charge in [-0.3, -0.25) is 9.13 Å². The van der Waals surface area contributed by atoms with Crippen molar-refractivity contribution >= 4 is 34.4 Å². The Kier molecular flexibility index (Phi) is 7.20. The van der Waals surface area contributed by atoms with Gasteiger partial charge in [-0.25, -0.2) is 4.79 Å². The highest BCUT2D eigenvalue weighted by Gasteiger charge is 2.14. The van der Waals surface area contributed by atoms with Crippen LogP contribution in [-0.2, 0) is 19.7 Å². The Labute approximate surface area is 211 Å². The summed E-state index contributed by atoms with van der Waals surface area (Å²) in [5, 5.41) is 10.3. The van der Waals surface area contributed by atoms with Crippen molar-refractivity contribution in [1.29, 1.82) is 0 Å². The predicted molar refractivity (Wildman–Crippen MR) is 139 cm³/mol. The number of halogens is 1. The molecule has 0 saturated carbocycles. The van der Waals surface area contributed by atoms with Gasteiger partial charge in [-0.1, -0.05) is 65.8 Å². The summed E-state index contributed by atoms with van der Waals surface area (Å²) in [5.41, 5.74) is 2.87. The third-order valence-electron chi connectivity index (χ3n) is 5.60. The first-order valence-electron chi connectivity index (χ1n) is 11.3. The fourth-order valence-corrected chi connectivity index (χ4v) is 4.86. The lowest BCUT2D eigenvalue weighted by Gasteiger charge is -2.11. The van der Waals surface area contributed by atoms with Crippen molar-refractivity contribution in [3.63, 3.8) is 0 Å². The molecule has 5 rings (SSSR count). The minimum Gasteiger partial charge on any atom is -0.486 e. The normalized spacial score (nSPS) is 11.2. The third kappa shape index (κ3) is 5.61. The van der Waals surface area contributed by atoms with Crippen LogP contribution in [0.3, 0.4) is 0 Å². The number of H-pyrrole nitrogens is 1. The first-order valence-corrected chi connectivity index (χ1v) is 12.7. The summed E-state index contributed by atoms with van der Waals surface area (Å²) in [7, 11) is 0. The molecule has 178 valence electrons. The molecule has 1 N–H and O–H groups in total. The van der Waals surface area contributed by atoms with E-state index in [4.69, 9.17) is 16.3 Å². The molecule has 0 aliphatic rings. The van der Waals surface area contributed by atoms with E-state index in [9.17, 15) is 4.79 Å². The maximum atomic E-state index is 12.3. The van der Waals surface area contributed by atoms with Crippen LogP contribution >= 0.6 is 23.4 Å². The monoisotopic (exact) mass is 505 g/mol. The van der Waals surface area contributed by atoms with Crippen molar-refractivity contribution in [3.05, 3.63) is 106 Å². The van der Waals surface area contributed by atoms with Crippen molar-refractivity contribution in [3.8, 4) is 5.75 Å². The molecular formula is C26H24ClN5O2S. The molecule has 0 aliphatic carbocycles. The number of imidazole rings is 1. The average molecular weight is 506 g/mol. The minimum atomic E-state index is -0.0786. The molecule has 7 nitrogen and oxygen atoms in total. The number of rotatable bonds is 10. The van der Waals surface area contributed by atoms with Crippen LogP contribution in [0.1, 0.15) is 17.8 Å². The lowest BCUT2D eigenvalue weighted by molar-refractivity contribution is 0.289. The van der Waals surface area contributed by atoms with E-state index in [-0.39, 0.29) is 5.69 Å². The van der Waals surface area contributed by atoms with Crippen LogP contribution in [0.4, 0.5) is 0 Å². The van der Waals surface area contributed by atoms with Gasteiger partial charge >= 0.3 is 5.69 Å². The second-order valence-electron chi connectivity index (χ2n) is 8.01. The predicted octanol–water partition coefficient (Wildman–Crippen LogP) is 5.38. The molecule has 3 aromatic carbocycles. The quantitative estimate of drug-likeness (QED) is 0.203. The summed E-state index contributed by atoms with van der Waals surface area (Å²) in [5.74, 6) is 2.28. The van der Waals surface area contributed by atoms with Crippen LogP contribution in [0.2, 0.25) is 5.02 Å². The Balaban J connectivity index is 1.27. The number of hydrogen-bond donors (Lipinski definition) is 1. The summed E-state index contributed by atoms with van der Waals surface area (Å²) < 4.78 is 9.81. The van der Waals surface area contributed by atoms with Gasteiger partial charge in [0.25, 0.3) is 0 Å². The fraction of sp³-hybridized carbons (Fsp3) is 0.192. The van der Waals surface area contributed by atoms with Gasteiger partial charge in [0.05, 0.1) is 17.6 Å². The van der Waals surface area contributed by atoms with Gasteiger partial charge < -0.3 is 9.72 Å². The number of aryl methyl sites for hydroxylation is 1. The first kappa shape index (κ1) is 23.3. The van der Waals surface area contributed by atoms with Crippen LogP contribution in [0.5, 0.6) is 5.75 Å². The summed E-state index contributed by atoms with van der Waals surface area (Å²) >= 11 is 7.61. The van der Waals surface area contributed by atoms with Gasteiger partial charge in [-0.2, -0.15) is 0 Å².